The maximum absolute atomic E-state index is 11.0. The molecular formula is C18H22N2O3. The molecule has 0 spiro atoms. The van der Waals surface area contributed by atoms with E-state index in [0.717, 1.165) is 11.1 Å². The van der Waals surface area contributed by atoms with Crippen molar-refractivity contribution in [2.45, 2.75) is 32.4 Å². The highest BCUT2D eigenvalue weighted by Gasteiger charge is 2.24. The normalized spacial score (nSPS) is 15.0. The maximum Gasteiger partial charge on any atom is 0.272 e. The molecular weight excluding hydrogens is 292 g/mol. The van der Waals surface area contributed by atoms with Gasteiger partial charge in [-0.25, -0.2) is 0 Å². The van der Waals surface area contributed by atoms with Crippen LogP contribution in [0.15, 0.2) is 48.5 Å². The summed E-state index contributed by atoms with van der Waals surface area (Å²) in [5, 5.41) is 24.9. The molecule has 122 valence electrons. The molecule has 0 fully saturated rings. The summed E-state index contributed by atoms with van der Waals surface area (Å²) in [6, 6.07) is 14.5. The molecule has 0 radical (unpaired) electrons. The molecule has 2 atom stereocenters. The first kappa shape index (κ1) is 17.1. The Morgan fingerprint density at radius 2 is 1.91 bits per heavy atom. The van der Waals surface area contributed by atoms with Crippen LogP contribution in [0.25, 0.3) is 0 Å². The summed E-state index contributed by atoms with van der Waals surface area (Å²) in [4.78, 5) is 10.7. The van der Waals surface area contributed by atoms with Crippen LogP contribution in [0, 0.1) is 17.0 Å². The molecule has 0 bridgehead atoms. The molecule has 5 heteroatoms. The minimum absolute atomic E-state index is 0.107. The van der Waals surface area contributed by atoms with Gasteiger partial charge in [0.2, 0.25) is 0 Å². The lowest BCUT2D eigenvalue weighted by molar-refractivity contribution is -0.385. The van der Waals surface area contributed by atoms with Gasteiger partial charge in [-0.05, 0) is 31.9 Å². The van der Waals surface area contributed by atoms with Crippen LogP contribution in [0.3, 0.4) is 0 Å². The minimum atomic E-state index is -1.01. The molecule has 0 amide bonds. The third-order valence-electron chi connectivity index (χ3n) is 4.08. The molecule has 0 saturated heterocycles. The number of hydrogen-bond acceptors (Lipinski definition) is 4. The van der Waals surface area contributed by atoms with Crippen LogP contribution in [0.2, 0.25) is 0 Å². The number of aryl methyl sites for hydroxylation is 1. The van der Waals surface area contributed by atoms with E-state index in [-0.39, 0.29) is 16.7 Å². The van der Waals surface area contributed by atoms with Crippen molar-refractivity contribution in [2.75, 3.05) is 6.54 Å². The van der Waals surface area contributed by atoms with E-state index < -0.39 is 5.60 Å². The van der Waals surface area contributed by atoms with E-state index in [0.29, 0.717) is 12.1 Å². The summed E-state index contributed by atoms with van der Waals surface area (Å²) in [6.07, 6.45) is 0. The van der Waals surface area contributed by atoms with Crippen molar-refractivity contribution in [3.05, 3.63) is 75.3 Å². The highest BCUT2D eigenvalue weighted by molar-refractivity contribution is 5.43. The average molecular weight is 314 g/mol. The zero-order valence-corrected chi connectivity index (χ0v) is 13.6. The van der Waals surface area contributed by atoms with Gasteiger partial charge >= 0.3 is 0 Å². The van der Waals surface area contributed by atoms with Crippen LogP contribution in [-0.4, -0.2) is 16.6 Å². The fraction of sp³-hybridized carbons (Fsp3) is 0.333. The second-order valence-corrected chi connectivity index (χ2v) is 6.05. The summed E-state index contributed by atoms with van der Waals surface area (Å²) >= 11 is 0. The standard InChI is InChI=1S/C18H22N2O3/c1-13-9-10-15(11-17(13)20(22)23)14(2)19-12-18(3,21)16-7-5-4-6-8-16/h4-11,14,19,21H,12H2,1-3H3. The number of benzene rings is 2. The third-order valence-corrected chi connectivity index (χ3v) is 4.08. The molecule has 2 aromatic rings. The van der Waals surface area contributed by atoms with E-state index in [4.69, 9.17) is 0 Å². The van der Waals surface area contributed by atoms with Gasteiger partial charge in [-0.15, -0.1) is 0 Å². The van der Waals surface area contributed by atoms with Crippen molar-refractivity contribution in [2.24, 2.45) is 0 Å². The van der Waals surface area contributed by atoms with Crippen molar-refractivity contribution < 1.29 is 10.0 Å². The van der Waals surface area contributed by atoms with Gasteiger partial charge in [-0.2, -0.15) is 0 Å². The molecule has 0 aliphatic rings. The van der Waals surface area contributed by atoms with E-state index in [1.54, 1.807) is 26.0 Å². The van der Waals surface area contributed by atoms with Gasteiger partial charge in [0.05, 0.1) is 10.5 Å². The van der Waals surface area contributed by atoms with Gasteiger partial charge in [0.25, 0.3) is 5.69 Å². The van der Waals surface area contributed by atoms with Gasteiger partial charge in [0.1, 0.15) is 0 Å². The lowest BCUT2D eigenvalue weighted by atomic mass is 9.95. The highest BCUT2D eigenvalue weighted by atomic mass is 16.6. The molecule has 0 aliphatic carbocycles. The predicted molar refractivity (Wildman–Crippen MR) is 90.3 cm³/mol. The minimum Gasteiger partial charge on any atom is -0.384 e. The van der Waals surface area contributed by atoms with Crippen LogP contribution in [0.5, 0.6) is 0 Å². The molecule has 0 saturated carbocycles. The van der Waals surface area contributed by atoms with Crippen molar-refractivity contribution in [3.8, 4) is 0 Å². The van der Waals surface area contributed by atoms with Crippen LogP contribution >= 0.6 is 0 Å². The van der Waals surface area contributed by atoms with Gasteiger partial charge < -0.3 is 10.4 Å². The largest absolute Gasteiger partial charge is 0.384 e. The summed E-state index contributed by atoms with van der Waals surface area (Å²) in [5.74, 6) is 0. The van der Waals surface area contributed by atoms with Crippen molar-refractivity contribution >= 4 is 5.69 Å². The summed E-state index contributed by atoms with van der Waals surface area (Å²) in [6.45, 7) is 5.75. The van der Waals surface area contributed by atoms with E-state index in [1.807, 2.05) is 43.3 Å². The zero-order chi connectivity index (χ0) is 17.0. The Balaban J connectivity index is 2.09. The van der Waals surface area contributed by atoms with E-state index >= 15 is 0 Å². The second-order valence-electron chi connectivity index (χ2n) is 6.05. The second kappa shape index (κ2) is 6.89. The number of nitro groups is 1. The average Bonchev–Trinajstić information content (AvgIpc) is 2.53. The molecule has 0 heterocycles. The fourth-order valence-electron chi connectivity index (χ4n) is 2.46. The quantitative estimate of drug-likeness (QED) is 0.632. The van der Waals surface area contributed by atoms with Gasteiger partial charge in [0.15, 0.2) is 0 Å². The molecule has 2 N–H and O–H groups in total. The summed E-state index contributed by atoms with van der Waals surface area (Å²) in [7, 11) is 0. The Hall–Kier alpha value is -2.24. The number of hydrogen-bond donors (Lipinski definition) is 2. The Morgan fingerprint density at radius 3 is 2.52 bits per heavy atom. The lowest BCUT2D eigenvalue weighted by Crippen LogP contribution is -2.36. The first-order valence-electron chi connectivity index (χ1n) is 7.57. The molecule has 0 aromatic heterocycles. The Bertz CT molecular complexity index is 684. The van der Waals surface area contributed by atoms with E-state index in [2.05, 4.69) is 5.32 Å². The molecule has 5 nitrogen and oxygen atoms in total. The SMILES string of the molecule is Cc1ccc(C(C)NCC(C)(O)c2ccccc2)cc1[N+](=O)[O-]. The monoisotopic (exact) mass is 314 g/mol. The Morgan fingerprint density at radius 1 is 1.26 bits per heavy atom. The zero-order valence-electron chi connectivity index (χ0n) is 13.6. The maximum atomic E-state index is 11.0. The Kier molecular flexibility index (Phi) is 5.13. The first-order chi connectivity index (χ1) is 10.8. The van der Waals surface area contributed by atoms with Crippen molar-refractivity contribution in [1.29, 1.82) is 0 Å². The van der Waals surface area contributed by atoms with E-state index in [1.165, 1.54) is 0 Å². The van der Waals surface area contributed by atoms with Crippen LogP contribution in [0.4, 0.5) is 5.69 Å². The summed E-state index contributed by atoms with van der Waals surface area (Å²) in [5.41, 5.74) is 1.40. The van der Waals surface area contributed by atoms with Gasteiger partial charge in [-0.3, -0.25) is 10.1 Å². The van der Waals surface area contributed by atoms with E-state index in [9.17, 15) is 15.2 Å². The smallest absolute Gasteiger partial charge is 0.272 e. The molecule has 2 rings (SSSR count). The molecule has 23 heavy (non-hydrogen) atoms. The highest BCUT2D eigenvalue weighted by Crippen LogP contribution is 2.25. The van der Waals surface area contributed by atoms with Crippen LogP contribution in [-0.2, 0) is 5.60 Å². The van der Waals surface area contributed by atoms with Crippen molar-refractivity contribution in [3.63, 3.8) is 0 Å². The van der Waals surface area contributed by atoms with Crippen molar-refractivity contribution in [1.82, 2.24) is 5.32 Å². The number of nitrogens with zero attached hydrogens (tertiary/aromatic N) is 1. The topological polar surface area (TPSA) is 75.4 Å². The van der Waals surface area contributed by atoms with Gasteiger partial charge in [0, 0.05) is 24.2 Å². The molecule has 0 aliphatic heterocycles. The van der Waals surface area contributed by atoms with Crippen LogP contribution in [0.1, 0.15) is 36.6 Å². The summed E-state index contributed by atoms with van der Waals surface area (Å²) < 4.78 is 0. The number of nitro benzene ring substituents is 1. The fourth-order valence-corrected chi connectivity index (χ4v) is 2.46. The Labute approximate surface area is 136 Å². The van der Waals surface area contributed by atoms with Crippen LogP contribution < -0.4 is 5.32 Å². The molecule has 2 unspecified atom stereocenters. The lowest BCUT2D eigenvalue weighted by Gasteiger charge is -2.26. The first-order valence-corrected chi connectivity index (χ1v) is 7.57. The predicted octanol–water partition coefficient (Wildman–Crippen LogP) is 3.46. The number of rotatable bonds is 6. The number of aliphatic hydroxyl groups is 1. The third kappa shape index (κ3) is 4.15. The molecule has 2 aromatic carbocycles. The number of nitrogens with one attached hydrogen (secondary N) is 1. The van der Waals surface area contributed by atoms with Gasteiger partial charge in [-0.1, -0.05) is 42.5 Å².